The van der Waals surface area contributed by atoms with E-state index in [0.29, 0.717) is 19.5 Å². The molecule has 0 atom stereocenters. The van der Waals surface area contributed by atoms with Crippen LogP contribution >= 0.6 is 11.3 Å². The number of nitrogens with zero attached hydrogens (tertiary/aromatic N) is 1. The molecule has 1 aliphatic heterocycles. The van der Waals surface area contributed by atoms with Crippen molar-refractivity contribution in [2.24, 2.45) is 0 Å². The van der Waals surface area contributed by atoms with Crippen LogP contribution in [-0.2, 0) is 27.8 Å². The molecule has 0 fully saturated rings. The Bertz CT molecular complexity index is 999. The lowest BCUT2D eigenvalue weighted by molar-refractivity contribution is -0.121. The van der Waals surface area contributed by atoms with Crippen LogP contribution in [0.1, 0.15) is 41.1 Å². The molecule has 0 saturated heterocycles. The van der Waals surface area contributed by atoms with Crippen molar-refractivity contribution in [3.05, 3.63) is 51.7 Å². The van der Waals surface area contributed by atoms with E-state index in [4.69, 9.17) is 0 Å². The molecule has 2 amide bonds. The van der Waals surface area contributed by atoms with E-state index in [1.807, 2.05) is 38.1 Å². The molecule has 2 N–H and O–H groups in total. The van der Waals surface area contributed by atoms with Gasteiger partial charge >= 0.3 is 0 Å². The molecule has 0 aliphatic carbocycles. The largest absolute Gasteiger partial charge is 0.354 e. The molecule has 1 aliphatic rings. The van der Waals surface area contributed by atoms with E-state index in [1.165, 1.54) is 10.4 Å². The molecule has 1 aromatic carbocycles. The highest BCUT2D eigenvalue weighted by atomic mass is 32.2. The van der Waals surface area contributed by atoms with Gasteiger partial charge < -0.3 is 10.6 Å². The predicted octanol–water partition coefficient (Wildman–Crippen LogP) is 2.14. The first-order chi connectivity index (χ1) is 13.8. The zero-order chi connectivity index (χ0) is 21.0. The van der Waals surface area contributed by atoms with Crippen LogP contribution in [0.5, 0.6) is 0 Å². The second-order valence-electron chi connectivity index (χ2n) is 7.20. The molecule has 2 aromatic rings. The van der Waals surface area contributed by atoms with E-state index in [0.717, 1.165) is 22.5 Å². The summed E-state index contributed by atoms with van der Waals surface area (Å²) in [4.78, 5) is 24.4. The lowest BCUT2D eigenvalue weighted by Gasteiger charge is -2.28. The fourth-order valence-corrected chi connectivity index (χ4v) is 5.98. The number of rotatable bonds is 7. The second-order valence-corrected chi connectivity index (χ2v) is 10.0. The van der Waals surface area contributed by atoms with Gasteiger partial charge in [0.2, 0.25) is 15.9 Å². The van der Waals surface area contributed by atoms with Gasteiger partial charge in [-0.3, -0.25) is 9.59 Å². The molecule has 9 heteroatoms. The van der Waals surface area contributed by atoms with Crippen molar-refractivity contribution in [2.75, 3.05) is 13.1 Å². The zero-order valence-corrected chi connectivity index (χ0v) is 18.1. The standard InChI is InChI=1S/C20H25N3O4S2/c1-14(2)22-18(24)7-10-21-20(25)19-17(9-12-28-19)29(26,27)23-11-8-15-5-3-4-6-16(15)13-23/h3-6,9,12,14H,7-8,10-11,13H2,1-2H3,(H,21,25)(H,22,24). The van der Waals surface area contributed by atoms with Gasteiger partial charge in [-0.1, -0.05) is 24.3 Å². The monoisotopic (exact) mass is 435 g/mol. The van der Waals surface area contributed by atoms with Gasteiger partial charge in [-0.2, -0.15) is 4.31 Å². The summed E-state index contributed by atoms with van der Waals surface area (Å²) in [5.74, 6) is -0.639. The smallest absolute Gasteiger partial charge is 0.262 e. The molecular formula is C20H25N3O4S2. The Labute approximate surface area is 175 Å². The molecule has 7 nitrogen and oxygen atoms in total. The molecule has 2 heterocycles. The summed E-state index contributed by atoms with van der Waals surface area (Å²) >= 11 is 1.09. The van der Waals surface area contributed by atoms with Gasteiger partial charge in [-0.05, 0) is 42.8 Å². The quantitative estimate of drug-likeness (QED) is 0.697. The fourth-order valence-electron chi connectivity index (χ4n) is 3.24. The van der Waals surface area contributed by atoms with Gasteiger partial charge in [0.1, 0.15) is 9.77 Å². The van der Waals surface area contributed by atoms with Crippen LogP contribution in [-0.4, -0.2) is 43.7 Å². The maximum absolute atomic E-state index is 13.2. The third-order valence-corrected chi connectivity index (χ3v) is 7.57. The summed E-state index contributed by atoms with van der Waals surface area (Å²) in [6.45, 7) is 4.54. The van der Waals surface area contributed by atoms with Crippen LogP contribution in [0.25, 0.3) is 0 Å². The Balaban J connectivity index is 1.69. The van der Waals surface area contributed by atoms with Crippen molar-refractivity contribution in [1.29, 1.82) is 0 Å². The number of benzene rings is 1. The number of hydrogen-bond acceptors (Lipinski definition) is 5. The van der Waals surface area contributed by atoms with Crippen molar-refractivity contribution >= 4 is 33.2 Å². The first-order valence-electron chi connectivity index (χ1n) is 9.51. The number of carbonyl (C=O) groups is 2. The predicted molar refractivity (Wildman–Crippen MR) is 112 cm³/mol. The van der Waals surface area contributed by atoms with Gasteiger partial charge in [0, 0.05) is 32.1 Å². The molecule has 0 spiro atoms. The molecule has 0 radical (unpaired) electrons. The Morgan fingerprint density at radius 2 is 1.90 bits per heavy atom. The van der Waals surface area contributed by atoms with Gasteiger partial charge in [-0.25, -0.2) is 8.42 Å². The number of amides is 2. The average molecular weight is 436 g/mol. The van der Waals surface area contributed by atoms with Crippen molar-refractivity contribution in [3.8, 4) is 0 Å². The molecule has 1 aromatic heterocycles. The van der Waals surface area contributed by atoms with E-state index in [2.05, 4.69) is 10.6 Å². The normalized spacial score (nSPS) is 14.4. The minimum absolute atomic E-state index is 0.0195. The highest BCUT2D eigenvalue weighted by molar-refractivity contribution is 7.89. The van der Waals surface area contributed by atoms with E-state index in [-0.39, 0.29) is 34.7 Å². The highest BCUT2D eigenvalue weighted by Crippen LogP contribution is 2.29. The van der Waals surface area contributed by atoms with Gasteiger partial charge in [0.25, 0.3) is 5.91 Å². The maximum atomic E-state index is 13.2. The molecule has 3 rings (SSSR count). The third-order valence-electron chi connectivity index (χ3n) is 4.64. The summed E-state index contributed by atoms with van der Waals surface area (Å²) in [6.07, 6.45) is 0.784. The third kappa shape index (κ3) is 5.04. The molecule has 0 unspecified atom stereocenters. The van der Waals surface area contributed by atoms with Crippen molar-refractivity contribution < 1.29 is 18.0 Å². The minimum atomic E-state index is -3.79. The van der Waals surface area contributed by atoms with E-state index >= 15 is 0 Å². The van der Waals surface area contributed by atoms with Crippen LogP contribution in [0.4, 0.5) is 0 Å². The van der Waals surface area contributed by atoms with E-state index < -0.39 is 15.9 Å². The van der Waals surface area contributed by atoms with Gasteiger partial charge in [0.15, 0.2) is 0 Å². The maximum Gasteiger partial charge on any atom is 0.262 e. The van der Waals surface area contributed by atoms with Crippen LogP contribution in [0, 0.1) is 0 Å². The van der Waals surface area contributed by atoms with Gasteiger partial charge in [-0.15, -0.1) is 11.3 Å². The summed E-state index contributed by atoms with van der Waals surface area (Å²) in [7, 11) is -3.79. The molecule has 0 bridgehead atoms. The number of fused-ring (bicyclic) bond motifs is 1. The SMILES string of the molecule is CC(C)NC(=O)CCNC(=O)c1sccc1S(=O)(=O)N1CCc2ccccc2C1. The number of carbonyl (C=O) groups excluding carboxylic acids is 2. The lowest BCUT2D eigenvalue weighted by Crippen LogP contribution is -2.37. The van der Waals surface area contributed by atoms with Crippen molar-refractivity contribution in [2.45, 2.75) is 44.2 Å². The topological polar surface area (TPSA) is 95.6 Å². The van der Waals surface area contributed by atoms with Crippen molar-refractivity contribution in [3.63, 3.8) is 0 Å². The first kappa shape index (κ1) is 21.5. The zero-order valence-electron chi connectivity index (χ0n) is 16.5. The van der Waals surface area contributed by atoms with Crippen LogP contribution in [0.3, 0.4) is 0 Å². The first-order valence-corrected chi connectivity index (χ1v) is 11.8. The Hall–Kier alpha value is -2.23. The van der Waals surface area contributed by atoms with E-state index in [1.54, 1.807) is 5.38 Å². The molecule has 156 valence electrons. The summed E-state index contributed by atoms with van der Waals surface area (Å²) in [6, 6.07) is 9.29. The van der Waals surface area contributed by atoms with E-state index in [9.17, 15) is 18.0 Å². The van der Waals surface area contributed by atoms with Crippen LogP contribution in [0.15, 0.2) is 40.6 Å². The van der Waals surface area contributed by atoms with Crippen molar-refractivity contribution in [1.82, 2.24) is 14.9 Å². The Kier molecular flexibility index (Phi) is 6.71. The van der Waals surface area contributed by atoms with Gasteiger partial charge in [0.05, 0.1) is 0 Å². The number of sulfonamides is 1. The molecule has 29 heavy (non-hydrogen) atoms. The average Bonchev–Trinajstić information content (AvgIpc) is 3.18. The molecule has 0 saturated carbocycles. The molecular weight excluding hydrogens is 410 g/mol. The number of thiophene rings is 1. The number of nitrogens with one attached hydrogen (secondary N) is 2. The van der Waals surface area contributed by atoms with Crippen LogP contribution in [0.2, 0.25) is 0 Å². The fraction of sp³-hybridized carbons (Fsp3) is 0.400. The van der Waals surface area contributed by atoms with Crippen LogP contribution < -0.4 is 10.6 Å². The minimum Gasteiger partial charge on any atom is -0.354 e. The summed E-state index contributed by atoms with van der Waals surface area (Å²) in [5, 5.41) is 7.00. The summed E-state index contributed by atoms with van der Waals surface area (Å²) < 4.78 is 27.8. The summed E-state index contributed by atoms with van der Waals surface area (Å²) in [5.41, 5.74) is 2.14. The highest BCUT2D eigenvalue weighted by Gasteiger charge is 2.32. The second kappa shape index (κ2) is 9.06. The Morgan fingerprint density at radius 3 is 2.62 bits per heavy atom. The lowest BCUT2D eigenvalue weighted by atomic mass is 10.0. The number of hydrogen-bond donors (Lipinski definition) is 2. The Morgan fingerprint density at radius 1 is 1.17 bits per heavy atom.